The largest absolute Gasteiger partial charge is 0.335 e. The lowest BCUT2D eigenvalue weighted by Crippen LogP contribution is -2.56. The summed E-state index contributed by atoms with van der Waals surface area (Å²) in [6, 6.07) is 5.77. The maximum atomic E-state index is 12.6. The number of hydrogen-bond acceptors (Lipinski definition) is 3. The number of amides is 1. The van der Waals surface area contributed by atoms with E-state index in [9.17, 15) is 4.79 Å². The monoisotopic (exact) mass is 261 g/mol. The first-order valence-electron chi connectivity index (χ1n) is 7.14. The van der Waals surface area contributed by atoms with Gasteiger partial charge in [0.2, 0.25) is 5.91 Å². The minimum atomic E-state index is -0.650. The molecule has 1 aromatic rings. The Balaban J connectivity index is 2.06. The highest BCUT2D eigenvalue weighted by Crippen LogP contribution is 2.28. The molecule has 1 heterocycles. The fourth-order valence-electron chi connectivity index (χ4n) is 2.73. The third kappa shape index (κ3) is 3.32. The Bertz CT molecular complexity index is 413. The summed E-state index contributed by atoms with van der Waals surface area (Å²) in [5.41, 5.74) is 6.59. The molecule has 4 heteroatoms. The van der Waals surface area contributed by atoms with E-state index >= 15 is 0 Å². The van der Waals surface area contributed by atoms with Gasteiger partial charge in [-0.25, -0.2) is 0 Å². The summed E-state index contributed by atoms with van der Waals surface area (Å²) < 4.78 is 0. The Morgan fingerprint density at radius 1 is 1.37 bits per heavy atom. The van der Waals surface area contributed by atoms with E-state index in [2.05, 4.69) is 4.98 Å². The molecule has 104 valence electrons. The van der Waals surface area contributed by atoms with Gasteiger partial charge in [0.05, 0.1) is 17.8 Å². The molecule has 1 amide bonds. The Morgan fingerprint density at radius 3 is 2.68 bits per heavy atom. The summed E-state index contributed by atoms with van der Waals surface area (Å²) in [7, 11) is 0. The van der Waals surface area contributed by atoms with Crippen molar-refractivity contribution in [2.75, 3.05) is 6.54 Å². The van der Waals surface area contributed by atoms with E-state index in [1.165, 1.54) is 6.42 Å². The average molecular weight is 261 g/mol. The minimum absolute atomic E-state index is 0.0837. The van der Waals surface area contributed by atoms with Gasteiger partial charge < -0.3 is 10.6 Å². The minimum Gasteiger partial charge on any atom is -0.335 e. The first-order chi connectivity index (χ1) is 9.15. The number of nitrogens with two attached hydrogens (primary N) is 1. The van der Waals surface area contributed by atoms with Crippen molar-refractivity contribution in [3.8, 4) is 0 Å². The molecule has 2 N–H and O–H groups in total. The zero-order chi connectivity index (χ0) is 13.7. The van der Waals surface area contributed by atoms with Gasteiger partial charge in [-0.2, -0.15) is 0 Å². The van der Waals surface area contributed by atoms with E-state index in [1.54, 1.807) is 6.20 Å². The number of aromatic nitrogens is 1. The van der Waals surface area contributed by atoms with E-state index in [-0.39, 0.29) is 5.91 Å². The van der Waals surface area contributed by atoms with Crippen molar-refractivity contribution in [1.82, 2.24) is 9.88 Å². The van der Waals surface area contributed by atoms with Crippen molar-refractivity contribution in [2.45, 2.75) is 51.1 Å². The van der Waals surface area contributed by atoms with Crippen molar-refractivity contribution < 1.29 is 4.79 Å². The van der Waals surface area contributed by atoms with Crippen LogP contribution in [0, 0.1) is 0 Å². The fraction of sp³-hybridized carbons (Fsp3) is 0.600. The summed E-state index contributed by atoms with van der Waals surface area (Å²) in [5, 5.41) is 0. The van der Waals surface area contributed by atoms with Gasteiger partial charge in [-0.3, -0.25) is 9.78 Å². The van der Waals surface area contributed by atoms with Gasteiger partial charge in [0.1, 0.15) is 0 Å². The highest BCUT2D eigenvalue weighted by atomic mass is 16.2. The van der Waals surface area contributed by atoms with E-state index in [4.69, 9.17) is 5.73 Å². The van der Waals surface area contributed by atoms with Crippen LogP contribution in [0.4, 0.5) is 0 Å². The van der Waals surface area contributed by atoms with E-state index in [0.717, 1.165) is 31.4 Å². The average Bonchev–Trinajstić information content (AvgIpc) is 2.46. The van der Waals surface area contributed by atoms with Crippen LogP contribution >= 0.6 is 0 Å². The SMILES string of the molecule is CCN(Cc1ccccn1)C(=O)C1(N)CCCCC1. The molecule has 2 rings (SSSR count). The number of carbonyl (C=O) groups excluding carboxylic acids is 1. The fourth-order valence-corrected chi connectivity index (χ4v) is 2.73. The summed E-state index contributed by atoms with van der Waals surface area (Å²) in [6.45, 7) is 3.22. The number of nitrogens with zero attached hydrogens (tertiary/aromatic N) is 2. The molecule has 1 fully saturated rings. The second-order valence-electron chi connectivity index (χ2n) is 5.36. The molecule has 4 nitrogen and oxygen atoms in total. The summed E-state index contributed by atoms with van der Waals surface area (Å²) in [6.07, 6.45) is 6.69. The molecule has 19 heavy (non-hydrogen) atoms. The Morgan fingerprint density at radius 2 is 2.11 bits per heavy atom. The van der Waals surface area contributed by atoms with Crippen molar-refractivity contribution in [2.24, 2.45) is 5.73 Å². The third-order valence-corrected chi connectivity index (χ3v) is 3.92. The first kappa shape index (κ1) is 14.0. The third-order valence-electron chi connectivity index (χ3n) is 3.92. The predicted molar refractivity (Wildman–Crippen MR) is 75.3 cm³/mol. The van der Waals surface area contributed by atoms with Gasteiger partial charge in [-0.15, -0.1) is 0 Å². The smallest absolute Gasteiger partial charge is 0.242 e. The lowest BCUT2D eigenvalue weighted by molar-refractivity contribution is -0.138. The molecule has 0 radical (unpaired) electrons. The maximum absolute atomic E-state index is 12.6. The number of likely N-dealkylation sites (N-methyl/N-ethyl adjacent to an activating group) is 1. The topological polar surface area (TPSA) is 59.2 Å². The zero-order valence-electron chi connectivity index (χ0n) is 11.6. The van der Waals surface area contributed by atoms with Crippen LogP contribution in [0.25, 0.3) is 0 Å². The molecule has 0 atom stereocenters. The molecule has 1 aliphatic rings. The van der Waals surface area contributed by atoms with Gasteiger partial charge in [0, 0.05) is 12.7 Å². The van der Waals surface area contributed by atoms with Gasteiger partial charge in [0.25, 0.3) is 0 Å². The van der Waals surface area contributed by atoms with Gasteiger partial charge >= 0.3 is 0 Å². The van der Waals surface area contributed by atoms with E-state index < -0.39 is 5.54 Å². The highest BCUT2D eigenvalue weighted by Gasteiger charge is 2.37. The van der Waals surface area contributed by atoms with E-state index in [0.29, 0.717) is 13.1 Å². The molecule has 0 aromatic carbocycles. The van der Waals surface area contributed by atoms with Crippen LogP contribution in [-0.4, -0.2) is 27.9 Å². The Hall–Kier alpha value is -1.42. The lowest BCUT2D eigenvalue weighted by Gasteiger charge is -2.36. The maximum Gasteiger partial charge on any atom is 0.242 e. The van der Waals surface area contributed by atoms with Crippen LogP contribution in [-0.2, 0) is 11.3 Å². The number of carbonyl (C=O) groups is 1. The highest BCUT2D eigenvalue weighted by molar-refractivity contribution is 5.86. The molecular weight excluding hydrogens is 238 g/mol. The molecule has 1 aromatic heterocycles. The van der Waals surface area contributed by atoms with Crippen LogP contribution in [0.2, 0.25) is 0 Å². The number of pyridine rings is 1. The molecule has 1 aliphatic carbocycles. The van der Waals surface area contributed by atoms with Crippen molar-refractivity contribution in [3.05, 3.63) is 30.1 Å². The summed E-state index contributed by atoms with van der Waals surface area (Å²) in [5.74, 6) is 0.0837. The van der Waals surface area contributed by atoms with Crippen molar-refractivity contribution in [3.63, 3.8) is 0 Å². The first-order valence-corrected chi connectivity index (χ1v) is 7.14. The summed E-state index contributed by atoms with van der Waals surface area (Å²) >= 11 is 0. The van der Waals surface area contributed by atoms with Crippen LogP contribution in [0.1, 0.15) is 44.7 Å². The van der Waals surface area contributed by atoms with Gasteiger partial charge in [-0.05, 0) is 31.9 Å². The predicted octanol–water partition coefficient (Wildman–Crippen LogP) is 2.09. The van der Waals surface area contributed by atoms with Crippen LogP contribution in [0.5, 0.6) is 0 Å². The van der Waals surface area contributed by atoms with Gasteiger partial charge in [0.15, 0.2) is 0 Å². The second-order valence-corrected chi connectivity index (χ2v) is 5.36. The molecule has 1 saturated carbocycles. The quantitative estimate of drug-likeness (QED) is 0.903. The molecule has 0 spiro atoms. The standard InChI is InChI=1S/C15H23N3O/c1-2-18(12-13-8-4-7-11-17-13)14(19)15(16)9-5-3-6-10-15/h4,7-8,11H,2-3,5-6,9-10,12,16H2,1H3. The van der Waals surface area contributed by atoms with Crippen molar-refractivity contribution in [1.29, 1.82) is 0 Å². The van der Waals surface area contributed by atoms with E-state index in [1.807, 2.05) is 30.0 Å². The lowest BCUT2D eigenvalue weighted by atomic mass is 9.81. The Kier molecular flexibility index (Phi) is 4.53. The Labute approximate surface area is 115 Å². The number of rotatable bonds is 4. The molecule has 0 unspecified atom stereocenters. The normalized spacial score (nSPS) is 18.0. The molecule has 0 bridgehead atoms. The van der Waals surface area contributed by atoms with Crippen LogP contribution in [0.3, 0.4) is 0 Å². The molecule has 0 aliphatic heterocycles. The van der Waals surface area contributed by atoms with Crippen LogP contribution < -0.4 is 5.73 Å². The summed E-state index contributed by atoms with van der Waals surface area (Å²) in [4.78, 5) is 18.7. The zero-order valence-corrected chi connectivity index (χ0v) is 11.6. The van der Waals surface area contributed by atoms with Crippen molar-refractivity contribution >= 4 is 5.91 Å². The second kappa shape index (κ2) is 6.15. The van der Waals surface area contributed by atoms with Gasteiger partial charge in [-0.1, -0.05) is 25.3 Å². The molecular formula is C15H23N3O. The molecule has 0 saturated heterocycles. The number of hydrogen-bond donors (Lipinski definition) is 1. The van der Waals surface area contributed by atoms with Crippen LogP contribution in [0.15, 0.2) is 24.4 Å².